The van der Waals surface area contributed by atoms with E-state index >= 15 is 0 Å². The molecule has 0 bridgehead atoms. The Hall–Kier alpha value is -0.670. The highest BCUT2D eigenvalue weighted by molar-refractivity contribution is 6.30. The molecule has 0 saturated heterocycles. The maximum absolute atomic E-state index is 12.8. The van der Waals surface area contributed by atoms with Gasteiger partial charge in [0.25, 0.3) is 0 Å². The van der Waals surface area contributed by atoms with Crippen molar-refractivity contribution < 1.29 is 13.9 Å². The highest BCUT2D eigenvalue weighted by Gasteiger charge is 2.38. The van der Waals surface area contributed by atoms with Crippen LogP contribution < -0.4 is 0 Å². The maximum atomic E-state index is 12.8. The zero-order valence-corrected chi connectivity index (χ0v) is 10.0. The molecule has 0 aliphatic heterocycles. The predicted octanol–water partition coefficient (Wildman–Crippen LogP) is 3.84. The Kier molecular flexibility index (Phi) is 4.28. The summed E-state index contributed by atoms with van der Waals surface area (Å²) in [6.45, 7) is 3.05. The van der Waals surface area contributed by atoms with Crippen LogP contribution in [0, 0.1) is 5.92 Å². The zero-order chi connectivity index (χ0) is 12.3. The minimum absolute atomic E-state index is 0.216. The van der Waals surface area contributed by atoms with Gasteiger partial charge < -0.3 is 5.11 Å². The van der Waals surface area contributed by atoms with Crippen molar-refractivity contribution in [1.82, 2.24) is 0 Å². The van der Waals surface area contributed by atoms with Gasteiger partial charge in [-0.3, -0.25) is 0 Å². The molecule has 0 aliphatic rings. The summed E-state index contributed by atoms with van der Waals surface area (Å²) in [5.74, 6) is -1.08. The second kappa shape index (κ2) is 5.11. The van der Waals surface area contributed by atoms with Crippen molar-refractivity contribution in [1.29, 1.82) is 0 Å². The number of aliphatic hydroxyl groups is 1. The third-order valence-corrected chi connectivity index (χ3v) is 3.15. The Bertz CT molecular complexity index is 335. The summed E-state index contributed by atoms with van der Waals surface area (Å²) in [5, 5.41) is 10.7. The summed E-state index contributed by atoms with van der Waals surface area (Å²) >= 11 is 5.71. The fraction of sp³-hybridized carbons (Fsp3) is 0.500. The van der Waals surface area contributed by atoms with Crippen molar-refractivity contribution in [3.63, 3.8) is 0 Å². The molecule has 1 nitrogen and oxygen atoms in total. The van der Waals surface area contributed by atoms with Crippen molar-refractivity contribution >= 4 is 11.6 Å². The van der Waals surface area contributed by atoms with Crippen molar-refractivity contribution in [2.24, 2.45) is 5.92 Å². The molecule has 16 heavy (non-hydrogen) atoms. The number of hydrogen-bond acceptors (Lipinski definition) is 1. The second-order valence-corrected chi connectivity index (χ2v) is 4.44. The molecule has 0 fully saturated rings. The Morgan fingerprint density at radius 1 is 1.31 bits per heavy atom. The molecule has 0 amide bonds. The van der Waals surface area contributed by atoms with Crippen LogP contribution in [0.5, 0.6) is 0 Å². The standard InChI is InChI=1S/C12H15ClF2O/c1-3-10(11(14)15)12(2,16)8-4-6-9(13)7-5-8/h4-7,10-11,16H,3H2,1-2H3. The van der Waals surface area contributed by atoms with E-state index in [0.29, 0.717) is 10.6 Å². The van der Waals surface area contributed by atoms with Gasteiger partial charge in [0.2, 0.25) is 6.43 Å². The normalized spacial score (nSPS) is 17.2. The van der Waals surface area contributed by atoms with Crippen LogP contribution in [0.4, 0.5) is 8.78 Å². The van der Waals surface area contributed by atoms with Crippen LogP contribution in [0.2, 0.25) is 5.02 Å². The Morgan fingerprint density at radius 3 is 2.19 bits per heavy atom. The van der Waals surface area contributed by atoms with Gasteiger partial charge in [-0.05, 0) is 31.0 Å². The SMILES string of the molecule is CCC(C(F)F)C(C)(O)c1ccc(Cl)cc1. The van der Waals surface area contributed by atoms with E-state index in [0.717, 1.165) is 0 Å². The topological polar surface area (TPSA) is 20.2 Å². The second-order valence-electron chi connectivity index (χ2n) is 4.00. The molecule has 1 rings (SSSR count). The highest BCUT2D eigenvalue weighted by atomic mass is 35.5. The van der Waals surface area contributed by atoms with Crippen LogP contribution in [0.3, 0.4) is 0 Å². The summed E-state index contributed by atoms with van der Waals surface area (Å²) in [6, 6.07) is 6.33. The first-order valence-electron chi connectivity index (χ1n) is 5.16. The van der Waals surface area contributed by atoms with Gasteiger partial charge in [-0.2, -0.15) is 0 Å². The van der Waals surface area contributed by atoms with Crippen LogP contribution in [-0.4, -0.2) is 11.5 Å². The van der Waals surface area contributed by atoms with Gasteiger partial charge in [0.05, 0.1) is 11.5 Å². The van der Waals surface area contributed by atoms with Gasteiger partial charge in [-0.25, -0.2) is 8.78 Å². The Morgan fingerprint density at radius 2 is 1.81 bits per heavy atom. The summed E-state index contributed by atoms with van der Waals surface area (Å²) in [4.78, 5) is 0. The Balaban J connectivity index is 3.03. The Labute approximate surface area is 99.0 Å². The third-order valence-electron chi connectivity index (χ3n) is 2.89. The smallest absolute Gasteiger partial charge is 0.244 e. The summed E-state index contributed by atoms with van der Waals surface area (Å²) in [6.07, 6.45) is -2.33. The number of alkyl halides is 2. The van der Waals surface area contributed by atoms with Crippen molar-refractivity contribution in [2.45, 2.75) is 32.3 Å². The summed E-state index contributed by atoms with van der Waals surface area (Å²) < 4.78 is 25.5. The number of benzene rings is 1. The lowest BCUT2D eigenvalue weighted by molar-refractivity contribution is -0.0798. The lowest BCUT2D eigenvalue weighted by Gasteiger charge is -2.32. The molecule has 1 N–H and O–H groups in total. The van der Waals surface area contributed by atoms with Gasteiger partial charge in [-0.1, -0.05) is 30.7 Å². The number of hydrogen-bond donors (Lipinski definition) is 1. The molecule has 0 spiro atoms. The molecule has 0 saturated carbocycles. The van der Waals surface area contributed by atoms with E-state index in [2.05, 4.69) is 0 Å². The van der Waals surface area contributed by atoms with E-state index in [1.165, 1.54) is 6.92 Å². The third kappa shape index (κ3) is 2.71. The molecular formula is C12H15ClF2O. The quantitative estimate of drug-likeness (QED) is 0.858. The van der Waals surface area contributed by atoms with Gasteiger partial charge >= 0.3 is 0 Å². The van der Waals surface area contributed by atoms with Crippen LogP contribution in [-0.2, 0) is 5.60 Å². The van der Waals surface area contributed by atoms with Crippen molar-refractivity contribution in [3.05, 3.63) is 34.9 Å². The highest BCUT2D eigenvalue weighted by Crippen LogP contribution is 2.35. The van der Waals surface area contributed by atoms with Crippen LogP contribution in [0.25, 0.3) is 0 Å². The first kappa shape index (κ1) is 13.4. The monoisotopic (exact) mass is 248 g/mol. The van der Waals surface area contributed by atoms with Crippen LogP contribution in [0.1, 0.15) is 25.8 Å². The predicted molar refractivity (Wildman–Crippen MR) is 60.8 cm³/mol. The molecule has 0 aromatic heterocycles. The fourth-order valence-electron chi connectivity index (χ4n) is 1.82. The minimum atomic E-state index is -2.55. The van der Waals surface area contributed by atoms with Crippen molar-refractivity contribution in [2.75, 3.05) is 0 Å². The zero-order valence-electron chi connectivity index (χ0n) is 9.25. The molecule has 1 aromatic rings. The minimum Gasteiger partial charge on any atom is -0.385 e. The van der Waals surface area contributed by atoms with E-state index in [9.17, 15) is 13.9 Å². The summed E-state index contributed by atoms with van der Waals surface area (Å²) in [7, 11) is 0. The van der Waals surface area contributed by atoms with Gasteiger partial charge in [0.15, 0.2) is 0 Å². The lowest BCUT2D eigenvalue weighted by Crippen LogP contribution is -2.36. The number of halogens is 3. The molecule has 0 heterocycles. The average Bonchev–Trinajstić information content (AvgIpc) is 2.18. The molecule has 2 unspecified atom stereocenters. The van der Waals surface area contributed by atoms with Crippen LogP contribution in [0.15, 0.2) is 24.3 Å². The largest absolute Gasteiger partial charge is 0.385 e. The molecule has 1 aromatic carbocycles. The van der Waals surface area contributed by atoms with E-state index in [1.54, 1.807) is 31.2 Å². The average molecular weight is 249 g/mol. The molecule has 90 valence electrons. The van der Waals surface area contributed by atoms with Crippen LogP contribution >= 0.6 is 11.6 Å². The van der Waals surface area contributed by atoms with Gasteiger partial charge in [-0.15, -0.1) is 0 Å². The summed E-state index contributed by atoms with van der Waals surface area (Å²) in [5.41, 5.74) is -1.07. The van der Waals surface area contributed by atoms with E-state index in [-0.39, 0.29) is 6.42 Å². The number of rotatable bonds is 4. The first-order chi connectivity index (χ1) is 7.39. The van der Waals surface area contributed by atoms with Crippen molar-refractivity contribution in [3.8, 4) is 0 Å². The molecular weight excluding hydrogens is 234 g/mol. The first-order valence-corrected chi connectivity index (χ1v) is 5.54. The molecule has 0 aliphatic carbocycles. The van der Waals surface area contributed by atoms with E-state index in [1.807, 2.05) is 0 Å². The lowest BCUT2D eigenvalue weighted by atomic mass is 9.81. The molecule has 2 atom stereocenters. The maximum Gasteiger partial charge on any atom is 0.244 e. The van der Waals surface area contributed by atoms with Gasteiger partial charge in [0, 0.05) is 5.02 Å². The van der Waals surface area contributed by atoms with Gasteiger partial charge in [0.1, 0.15) is 0 Å². The van der Waals surface area contributed by atoms with E-state index in [4.69, 9.17) is 11.6 Å². The fourth-order valence-corrected chi connectivity index (χ4v) is 1.95. The molecule has 0 radical (unpaired) electrons. The molecule has 4 heteroatoms. The van der Waals surface area contributed by atoms with E-state index < -0.39 is 17.9 Å².